The van der Waals surface area contributed by atoms with Gasteiger partial charge in [-0.25, -0.2) is 15.0 Å². The van der Waals surface area contributed by atoms with Gasteiger partial charge in [-0.3, -0.25) is 0 Å². The highest BCUT2D eigenvalue weighted by molar-refractivity contribution is 7.25. The summed E-state index contributed by atoms with van der Waals surface area (Å²) < 4.78 is 16.0. The van der Waals surface area contributed by atoms with Crippen molar-refractivity contribution in [2.75, 3.05) is 0 Å². The lowest BCUT2D eigenvalue weighted by molar-refractivity contribution is 0.669. The summed E-state index contributed by atoms with van der Waals surface area (Å²) in [5.74, 6) is 1.78. The molecule has 11 aromatic carbocycles. The zero-order valence-corrected chi connectivity index (χ0v) is 37.6. The van der Waals surface area contributed by atoms with Crippen molar-refractivity contribution >= 4 is 108 Å². The molecule has 4 aromatic heterocycles. The van der Waals surface area contributed by atoms with E-state index in [0.717, 1.165) is 88.2 Å². The lowest BCUT2D eigenvalue weighted by atomic mass is 9.93. The zero-order valence-electron chi connectivity index (χ0n) is 36.8. The standard InChI is InChI=1S/C63H35N3O2S/c1-2-13-36(14-3-1)61-64-62(39-28-30-46-44-17-5-4-15-42(44)43-16-6-7-18-45(43)51(46)34-39)66-63(65-61)50-23-12-24-54-59(50)52-33-37(29-32-53(52)67-54)40-20-11-25-55-58(40)49-22-10-21-41(60(49)68-55)38-27-31-48-47-19-8-9-26-56(47)69-57(48)35-38/h1-35H. The van der Waals surface area contributed by atoms with E-state index in [4.69, 9.17) is 23.8 Å². The highest BCUT2D eigenvalue weighted by Gasteiger charge is 2.21. The van der Waals surface area contributed by atoms with Gasteiger partial charge in [0, 0.05) is 64.0 Å². The first-order chi connectivity index (χ1) is 34.2. The largest absolute Gasteiger partial charge is 0.456 e. The third-order valence-electron chi connectivity index (χ3n) is 13.9. The van der Waals surface area contributed by atoms with Gasteiger partial charge in [0.2, 0.25) is 0 Å². The summed E-state index contributed by atoms with van der Waals surface area (Å²) in [6, 6.07) is 74.9. The van der Waals surface area contributed by atoms with Crippen LogP contribution in [-0.4, -0.2) is 15.0 Å². The summed E-state index contributed by atoms with van der Waals surface area (Å²) in [4.78, 5) is 15.7. The van der Waals surface area contributed by atoms with Crippen LogP contribution in [0.4, 0.5) is 0 Å². The molecule has 5 nitrogen and oxygen atoms in total. The highest BCUT2D eigenvalue weighted by Crippen LogP contribution is 2.45. The number of hydrogen-bond donors (Lipinski definition) is 0. The molecule has 0 amide bonds. The van der Waals surface area contributed by atoms with E-state index in [-0.39, 0.29) is 0 Å². The molecule has 0 fully saturated rings. The predicted molar refractivity (Wildman–Crippen MR) is 287 cm³/mol. The molecule has 15 rings (SSSR count). The van der Waals surface area contributed by atoms with Crippen molar-refractivity contribution in [3.8, 4) is 56.4 Å². The Bertz CT molecular complexity index is 4590. The minimum Gasteiger partial charge on any atom is -0.456 e. The number of hydrogen-bond acceptors (Lipinski definition) is 6. The van der Waals surface area contributed by atoms with Gasteiger partial charge in [-0.05, 0) is 91.5 Å². The first-order valence-electron chi connectivity index (χ1n) is 23.2. The molecule has 0 atom stereocenters. The number of aromatic nitrogens is 3. The molecule has 0 saturated carbocycles. The third-order valence-corrected chi connectivity index (χ3v) is 15.1. The van der Waals surface area contributed by atoms with Gasteiger partial charge in [-0.15, -0.1) is 11.3 Å². The number of benzene rings is 11. The normalized spacial score (nSPS) is 12.1. The molecular formula is C63H35N3O2S. The molecule has 320 valence electrons. The molecule has 0 saturated heterocycles. The van der Waals surface area contributed by atoms with Crippen LogP contribution in [0.1, 0.15) is 0 Å². The molecule has 0 bridgehead atoms. The van der Waals surface area contributed by atoms with Crippen molar-refractivity contribution in [3.05, 3.63) is 212 Å². The second kappa shape index (κ2) is 14.8. The fraction of sp³-hybridized carbons (Fsp3) is 0. The molecule has 0 unspecified atom stereocenters. The number of fused-ring (bicyclic) bond motifs is 15. The molecule has 0 aliphatic heterocycles. The van der Waals surface area contributed by atoms with Crippen LogP contribution in [0.15, 0.2) is 221 Å². The monoisotopic (exact) mass is 897 g/mol. The second-order valence-corrected chi connectivity index (χ2v) is 18.9. The third kappa shape index (κ3) is 5.86. The molecule has 0 radical (unpaired) electrons. The molecule has 0 N–H and O–H groups in total. The number of nitrogens with zero attached hydrogens (tertiary/aromatic N) is 3. The Kier molecular flexibility index (Phi) is 8.17. The number of thiophene rings is 1. The maximum absolute atomic E-state index is 6.81. The number of rotatable bonds is 5. The van der Waals surface area contributed by atoms with Crippen LogP contribution in [0.3, 0.4) is 0 Å². The average molecular weight is 898 g/mol. The summed E-state index contributed by atoms with van der Waals surface area (Å²) in [6.07, 6.45) is 0. The van der Waals surface area contributed by atoms with Crippen LogP contribution >= 0.6 is 11.3 Å². The van der Waals surface area contributed by atoms with Gasteiger partial charge in [0.05, 0.1) is 0 Å². The lowest BCUT2D eigenvalue weighted by Crippen LogP contribution is -2.00. The summed E-state index contributed by atoms with van der Waals surface area (Å²) in [7, 11) is 0. The van der Waals surface area contributed by atoms with Crippen molar-refractivity contribution in [1.29, 1.82) is 0 Å². The summed E-state index contributed by atoms with van der Waals surface area (Å²) in [5, 5.41) is 13.9. The zero-order chi connectivity index (χ0) is 45.2. The van der Waals surface area contributed by atoms with Crippen molar-refractivity contribution in [1.82, 2.24) is 15.0 Å². The van der Waals surface area contributed by atoms with Crippen LogP contribution in [0.25, 0.3) is 153 Å². The first-order valence-corrected chi connectivity index (χ1v) is 24.0. The topological polar surface area (TPSA) is 65.0 Å². The fourth-order valence-corrected chi connectivity index (χ4v) is 11.9. The molecule has 4 heterocycles. The first kappa shape index (κ1) is 38.2. The smallest absolute Gasteiger partial charge is 0.164 e. The Morgan fingerprint density at radius 3 is 1.59 bits per heavy atom. The lowest BCUT2D eigenvalue weighted by Gasteiger charge is -2.13. The van der Waals surface area contributed by atoms with Crippen LogP contribution in [0.2, 0.25) is 0 Å². The molecule has 69 heavy (non-hydrogen) atoms. The molecule has 15 aromatic rings. The molecule has 0 spiro atoms. The van der Waals surface area contributed by atoms with Crippen LogP contribution in [-0.2, 0) is 0 Å². The Balaban J connectivity index is 0.899. The maximum atomic E-state index is 6.81. The Hall–Kier alpha value is -8.97. The van der Waals surface area contributed by atoms with Crippen molar-refractivity contribution in [2.24, 2.45) is 0 Å². The van der Waals surface area contributed by atoms with E-state index in [1.165, 1.54) is 47.1 Å². The minimum absolute atomic E-state index is 0.574. The second-order valence-electron chi connectivity index (χ2n) is 17.8. The maximum Gasteiger partial charge on any atom is 0.164 e. The van der Waals surface area contributed by atoms with Crippen LogP contribution < -0.4 is 0 Å². The van der Waals surface area contributed by atoms with Crippen LogP contribution in [0.5, 0.6) is 0 Å². The Labute approximate surface area is 398 Å². The van der Waals surface area contributed by atoms with E-state index < -0.39 is 0 Å². The van der Waals surface area contributed by atoms with E-state index in [1.807, 2.05) is 41.7 Å². The van der Waals surface area contributed by atoms with Crippen molar-refractivity contribution in [2.45, 2.75) is 0 Å². The van der Waals surface area contributed by atoms with E-state index in [9.17, 15) is 0 Å². The quantitative estimate of drug-likeness (QED) is 0.161. The summed E-state index contributed by atoms with van der Waals surface area (Å²) in [6.45, 7) is 0. The van der Waals surface area contributed by atoms with E-state index in [1.54, 1.807) is 0 Å². The van der Waals surface area contributed by atoms with Gasteiger partial charge < -0.3 is 8.83 Å². The minimum atomic E-state index is 0.574. The number of para-hydroxylation sites is 1. The van der Waals surface area contributed by atoms with E-state index in [2.05, 4.69) is 182 Å². The molecule has 0 aliphatic carbocycles. The average Bonchev–Trinajstić information content (AvgIpc) is 4.12. The van der Waals surface area contributed by atoms with Gasteiger partial charge in [0.1, 0.15) is 22.3 Å². The van der Waals surface area contributed by atoms with Gasteiger partial charge in [-0.2, -0.15) is 0 Å². The van der Waals surface area contributed by atoms with Gasteiger partial charge >= 0.3 is 0 Å². The van der Waals surface area contributed by atoms with Gasteiger partial charge in [-0.1, -0.05) is 170 Å². The van der Waals surface area contributed by atoms with Gasteiger partial charge in [0.15, 0.2) is 17.5 Å². The number of furan rings is 2. The van der Waals surface area contributed by atoms with Crippen molar-refractivity contribution in [3.63, 3.8) is 0 Å². The molecule has 6 heteroatoms. The van der Waals surface area contributed by atoms with Gasteiger partial charge in [0.25, 0.3) is 0 Å². The summed E-state index contributed by atoms with van der Waals surface area (Å²) in [5.41, 5.74) is 10.3. The predicted octanol–water partition coefficient (Wildman–Crippen LogP) is 17.8. The van der Waals surface area contributed by atoms with Crippen molar-refractivity contribution < 1.29 is 8.83 Å². The fourth-order valence-electron chi connectivity index (χ4n) is 10.8. The summed E-state index contributed by atoms with van der Waals surface area (Å²) >= 11 is 1.83. The molecule has 0 aliphatic rings. The SMILES string of the molecule is c1ccc(-c2nc(-c3ccc4c5ccccc5c5ccccc5c4c3)nc(-c3cccc4oc5ccc(-c6cccc7oc8c(-c9ccc%10c(c9)sc9ccccc9%10)cccc8c67)cc5c34)n2)cc1. The van der Waals surface area contributed by atoms with E-state index >= 15 is 0 Å². The van der Waals surface area contributed by atoms with E-state index in [0.29, 0.717) is 17.5 Å². The Morgan fingerprint density at radius 1 is 0.275 bits per heavy atom. The Morgan fingerprint density at radius 2 is 0.797 bits per heavy atom. The highest BCUT2D eigenvalue weighted by atomic mass is 32.1. The van der Waals surface area contributed by atoms with Crippen LogP contribution in [0, 0.1) is 0 Å². The molecular weight excluding hydrogens is 863 g/mol.